The normalized spacial score (nSPS) is 10.9. The molecule has 0 atom stereocenters. The molecule has 0 aliphatic heterocycles. The Morgan fingerprint density at radius 2 is 1.23 bits per heavy atom. The number of benzene rings is 1. The van der Waals surface area contributed by atoms with Crippen LogP contribution in [0.3, 0.4) is 0 Å². The van der Waals surface area contributed by atoms with Gasteiger partial charge >= 0.3 is 0 Å². The molecule has 0 aliphatic carbocycles. The van der Waals surface area contributed by atoms with Gasteiger partial charge in [0.05, 0.1) is 5.69 Å². The third-order valence-corrected chi connectivity index (χ3v) is 4.81. The summed E-state index contributed by atoms with van der Waals surface area (Å²) < 4.78 is 1.75. The minimum absolute atomic E-state index is 0.00896. The summed E-state index contributed by atoms with van der Waals surface area (Å²) in [6.07, 6.45) is 0. The Kier molecular flexibility index (Phi) is 4.19. The third kappa shape index (κ3) is 2.45. The third-order valence-electron chi connectivity index (χ3n) is 4.81. The first-order valence-corrected chi connectivity index (χ1v) is 7.65. The molecule has 1 aromatic heterocycles. The molecule has 0 fully saturated rings. The van der Waals surface area contributed by atoms with E-state index in [-0.39, 0.29) is 5.56 Å². The lowest BCUT2D eigenvalue weighted by Crippen LogP contribution is -2.37. The predicted octanol–water partition coefficient (Wildman–Crippen LogP) is 3.56. The van der Waals surface area contributed by atoms with Crippen molar-refractivity contribution in [2.24, 2.45) is 0 Å². The molecule has 0 spiro atoms. The second-order valence-electron chi connectivity index (χ2n) is 6.42. The lowest BCUT2D eigenvalue weighted by Gasteiger charge is -2.25. The maximum absolute atomic E-state index is 12.5. The van der Waals surface area contributed by atoms with Gasteiger partial charge in [0, 0.05) is 25.7 Å². The lowest BCUT2D eigenvalue weighted by atomic mass is 9.88. The molecule has 0 aliphatic rings. The van der Waals surface area contributed by atoms with Crippen LogP contribution in [0.25, 0.3) is 11.3 Å². The zero-order valence-electron chi connectivity index (χ0n) is 15.0. The first kappa shape index (κ1) is 16.3. The van der Waals surface area contributed by atoms with E-state index in [1.807, 2.05) is 26.0 Å². The lowest BCUT2D eigenvalue weighted by molar-refractivity contribution is 0.705. The van der Waals surface area contributed by atoms with Gasteiger partial charge in [0.2, 0.25) is 0 Å². The highest BCUT2D eigenvalue weighted by Gasteiger charge is 2.18. The van der Waals surface area contributed by atoms with Crippen LogP contribution in [-0.4, -0.2) is 18.8 Å². The molecular formula is C19H26N2O. The highest BCUT2D eigenvalue weighted by molar-refractivity contribution is 5.73. The Labute approximate surface area is 133 Å². The van der Waals surface area contributed by atoms with E-state index in [0.717, 1.165) is 11.3 Å². The van der Waals surface area contributed by atoms with Crippen LogP contribution < -0.4 is 10.6 Å². The monoisotopic (exact) mass is 298 g/mol. The first-order chi connectivity index (χ1) is 10.2. The van der Waals surface area contributed by atoms with Crippen molar-refractivity contribution in [1.29, 1.82) is 0 Å². The number of pyridine rings is 1. The summed E-state index contributed by atoms with van der Waals surface area (Å²) in [6.45, 7) is 12.8. The van der Waals surface area contributed by atoms with E-state index in [9.17, 15) is 4.79 Å². The SMILES string of the molecule is Cc1cc(-c2c(C)c(C)c(C)c(C)c2C)n(N(C)C)c(=O)c1. The molecule has 0 saturated carbocycles. The maximum atomic E-state index is 12.5. The van der Waals surface area contributed by atoms with E-state index in [0.29, 0.717) is 0 Å². The van der Waals surface area contributed by atoms with Crippen LogP contribution in [0.4, 0.5) is 0 Å². The zero-order valence-corrected chi connectivity index (χ0v) is 15.0. The Balaban J connectivity index is 2.98. The molecule has 0 unspecified atom stereocenters. The summed E-state index contributed by atoms with van der Waals surface area (Å²) >= 11 is 0. The van der Waals surface area contributed by atoms with Crippen LogP contribution in [0, 0.1) is 41.5 Å². The molecule has 22 heavy (non-hydrogen) atoms. The number of hydrogen-bond donors (Lipinski definition) is 0. The summed E-state index contributed by atoms with van der Waals surface area (Å²) in [5, 5.41) is 1.85. The Morgan fingerprint density at radius 3 is 1.68 bits per heavy atom. The second-order valence-corrected chi connectivity index (χ2v) is 6.42. The molecular weight excluding hydrogens is 272 g/mol. The number of hydrogen-bond acceptors (Lipinski definition) is 2. The Hall–Kier alpha value is -2.03. The Morgan fingerprint density at radius 1 is 0.773 bits per heavy atom. The number of rotatable bonds is 2. The van der Waals surface area contributed by atoms with Gasteiger partial charge in [0.1, 0.15) is 0 Å². The molecule has 0 saturated heterocycles. The summed E-state index contributed by atoms with van der Waals surface area (Å²) in [7, 11) is 3.80. The van der Waals surface area contributed by atoms with E-state index in [1.165, 1.54) is 33.4 Å². The topological polar surface area (TPSA) is 25.2 Å². The molecule has 1 aromatic carbocycles. The summed E-state index contributed by atoms with van der Waals surface area (Å²) in [5.41, 5.74) is 9.59. The van der Waals surface area contributed by atoms with Crippen LogP contribution in [0.5, 0.6) is 0 Å². The van der Waals surface area contributed by atoms with Crippen molar-refractivity contribution in [2.75, 3.05) is 19.1 Å². The van der Waals surface area contributed by atoms with Crippen LogP contribution in [0.15, 0.2) is 16.9 Å². The van der Waals surface area contributed by atoms with Crippen LogP contribution in [0.1, 0.15) is 33.4 Å². The van der Waals surface area contributed by atoms with Gasteiger partial charge in [-0.1, -0.05) is 0 Å². The molecule has 0 radical (unpaired) electrons. The van der Waals surface area contributed by atoms with Crippen molar-refractivity contribution in [3.8, 4) is 11.3 Å². The van der Waals surface area contributed by atoms with E-state index in [4.69, 9.17) is 0 Å². The van der Waals surface area contributed by atoms with Crippen molar-refractivity contribution in [1.82, 2.24) is 4.68 Å². The van der Waals surface area contributed by atoms with Crippen LogP contribution in [-0.2, 0) is 0 Å². The zero-order chi connectivity index (χ0) is 16.8. The predicted molar refractivity (Wildman–Crippen MR) is 94.6 cm³/mol. The Bertz CT molecular complexity index is 769. The van der Waals surface area contributed by atoms with Gasteiger partial charge < -0.3 is 5.01 Å². The minimum Gasteiger partial charge on any atom is -0.316 e. The fraction of sp³-hybridized carbons (Fsp3) is 0.421. The van der Waals surface area contributed by atoms with Crippen molar-refractivity contribution in [3.05, 3.63) is 55.9 Å². The van der Waals surface area contributed by atoms with Gasteiger partial charge in [0.25, 0.3) is 5.56 Å². The molecule has 3 heteroatoms. The number of nitrogens with zero attached hydrogens (tertiary/aromatic N) is 2. The fourth-order valence-electron chi connectivity index (χ4n) is 3.17. The van der Waals surface area contributed by atoms with Gasteiger partial charge in [0.15, 0.2) is 0 Å². The number of aromatic nitrogens is 1. The molecule has 2 aromatic rings. The average Bonchev–Trinajstić information content (AvgIpc) is 2.42. The molecule has 2 rings (SSSR count). The van der Waals surface area contributed by atoms with Gasteiger partial charge in [-0.25, -0.2) is 4.68 Å². The highest BCUT2D eigenvalue weighted by Crippen LogP contribution is 2.33. The van der Waals surface area contributed by atoms with Gasteiger partial charge in [-0.3, -0.25) is 4.79 Å². The maximum Gasteiger partial charge on any atom is 0.269 e. The summed E-state index contributed by atoms with van der Waals surface area (Å²) in [4.78, 5) is 12.5. The number of aryl methyl sites for hydroxylation is 1. The summed E-state index contributed by atoms with van der Waals surface area (Å²) in [5.74, 6) is 0. The van der Waals surface area contributed by atoms with E-state index < -0.39 is 0 Å². The van der Waals surface area contributed by atoms with Crippen molar-refractivity contribution < 1.29 is 0 Å². The smallest absolute Gasteiger partial charge is 0.269 e. The van der Waals surface area contributed by atoms with Crippen LogP contribution >= 0.6 is 0 Å². The quantitative estimate of drug-likeness (QED) is 0.847. The summed E-state index contributed by atoms with van der Waals surface area (Å²) in [6, 6.07) is 3.78. The largest absolute Gasteiger partial charge is 0.316 e. The van der Waals surface area contributed by atoms with Gasteiger partial charge in [-0.15, -0.1) is 0 Å². The molecule has 118 valence electrons. The second kappa shape index (κ2) is 5.64. The van der Waals surface area contributed by atoms with Gasteiger partial charge in [-0.05, 0) is 81.0 Å². The van der Waals surface area contributed by atoms with E-state index >= 15 is 0 Å². The highest BCUT2D eigenvalue weighted by atomic mass is 16.1. The first-order valence-electron chi connectivity index (χ1n) is 7.65. The molecule has 0 bridgehead atoms. The fourth-order valence-corrected chi connectivity index (χ4v) is 3.17. The average molecular weight is 298 g/mol. The minimum atomic E-state index is 0.00896. The van der Waals surface area contributed by atoms with E-state index in [1.54, 1.807) is 10.7 Å². The van der Waals surface area contributed by atoms with Gasteiger partial charge in [-0.2, -0.15) is 0 Å². The van der Waals surface area contributed by atoms with Crippen molar-refractivity contribution in [3.63, 3.8) is 0 Å². The van der Waals surface area contributed by atoms with E-state index in [2.05, 4.69) is 40.7 Å². The standard InChI is InChI=1S/C19H26N2O/c1-11-9-17(21(20(7)8)18(22)10-11)19-15(5)13(3)12(2)14(4)16(19)6/h9-10H,1-8H3. The molecule has 1 heterocycles. The van der Waals surface area contributed by atoms with Crippen molar-refractivity contribution >= 4 is 0 Å². The molecule has 3 nitrogen and oxygen atoms in total. The van der Waals surface area contributed by atoms with Crippen LogP contribution in [0.2, 0.25) is 0 Å². The molecule has 0 N–H and O–H groups in total. The molecule has 0 amide bonds. The van der Waals surface area contributed by atoms with Crippen molar-refractivity contribution in [2.45, 2.75) is 41.5 Å².